The standard InChI is InChI=1S/C24H27N3O4/c1-14-18(15(2)26-24(30)20(14)13-25)11-12-22(28)31-16(3)23(29)27-21-10-6-8-17-7-4-5-9-19(17)21/h4-5,7,9,16,21H,6,8,10-12H2,1-3H3,(H,26,30)(H,27,29)/t16-,21-/m0/s1. The van der Waals surface area contributed by atoms with Gasteiger partial charge in [0.25, 0.3) is 11.5 Å². The average Bonchev–Trinajstić information content (AvgIpc) is 2.73. The molecule has 1 amide bonds. The summed E-state index contributed by atoms with van der Waals surface area (Å²) in [5, 5.41) is 12.2. The first-order chi connectivity index (χ1) is 14.8. The van der Waals surface area contributed by atoms with Gasteiger partial charge in [0.1, 0.15) is 11.6 Å². The lowest BCUT2D eigenvalue weighted by molar-refractivity contribution is -0.155. The summed E-state index contributed by atoms with van der Waals surface area (Å²) in [6.07, 6.45) is 2.31. The van der Waals surface area contributed by atoms with Crippen molar-refractivity contribution in [1.82, 2.24) is 10.3 Å². The molecule has 31 heavy (non-hydrogen) atoms. The molecule has 0 aliphatic heterocycles. The quantitative estimate of drug-likeness (QED) is 0.697. The number of hydrogen-bond acceptors (Lipinski definition) is 5. The van der Waals surface area contributed by atoms with Crippen LogP contribution >= 0.6 is 0 Å². The lowest BCUT2D eigenvalue weighted by Crippen LogP contribution is -2.39. The fraction of sp³-hybridized carbons (Fsp3) is 0.417. The summed E-state index contributed by atoms with van der Waals surface area (Å²) in [6, 6.07) is 9.89. The van der Waals surface area contributed by atoms with E-state index in [1.165, 1.54) is 5.56 Å². The van der Waals surface area contributed by atoms with Crippen molar-refractivity contribution >= 4 is 11.9 Å². The van der Waals surface area contributed by atoms with Gasteiger partial charge in [0.15, 0.2) is 6.10 Å². The minimum absolute atomic E-state index is 0.0441. The topological polar surface area (TPSA) is 112 Å². The number of rotatable bonds is 6. The average molecular weight is 421 g/mol. The first-order valence-electron chi connectivity index (χ1n) is 10.5. The molecule has 1 aromatic carbocycles. The van der Waals surface area contributed by atoms with Crippen molar-refractivity contribution in [1.29, 1.82) is 5.26 Å². The molecule has 1 aliphatic rings. The molecule has 7 nitrogen and oxygen atoms in total. The maximum atomic E-state index is 12.6. The SMILES string of the molecule is Cc1[nH]c(=O)c(C#N)c(C)c1CCC(=O)O[C@@H](C)C(=O)N[C@H]1CCCc2ccccc21. The number of aromatic amines is 1. The first-order valence-corrected chi connectivity index (χ1v) is 10.5. The Kier molecular flexibility index (Phi) is 6.91. The molecule has 7 heteroatoms. The van der Waals surface area contributed by atoms with E-state index in [1.54, 1.807) is 20.8 Å². The molecular formula is C24H27N3O4. The van der Waals surface area contributed by atoms with Gasteiger partial charge >= 0.3 is 5.97 Å². The fourth-order valence-corrected chi connectivity index (χ4v) is 4.15. The molecule has 162 valence electrons. The van der Waals surface area contributed by atoms with Crippen molar-refractivity contribution in [3.63, 3.8) is 0 Å². The zero-order valence-corrected chi connectivity index (χ0v) is 18.1. The number of H-pyrrole nitrogens is 1. The Morgan fingerprint density at radius 2 is 2.06 bits per heavy atom. The Morgan fingerprint density at radius 1 is 1.32 bits per heavy atom. The van der Waals surface area contributed by atoms with Crippen LogP contribution in [0, 0.1) is 25.2 Å². The maximum absolute atomic E-state index is 12.6. The summed E-state index contributed by atoms with van der Waals surface area (Å²) in [5.74, 6) is -0.826. The van der Waals surface area contributed by atoms with Gasteiger partial charge in [-0.1, -0.05) is 24.3 Å². The molecular weight excluding hydrogens is 394 g/mol. The molecule has 0 fully saturated rings. The van der Waals surface area contributed by atoms with Gasteiger partial charge in [-0.05, 0) is 68.7 Å². The molecule has 0 unspecified atom stereocenters. The largest absolute Gasteiger partial charge is 0.453 e. The summed E-state index contributed by atoms with van der Waals surface area (Å²) >= 11 is 0. The van der Waals surface area contributed by atoms with Crippen molar-refractivity contribution in [2.75, 3.05) is 0 Å². The minimum atomic E-state index is -0.908. The number of nitriles is 1. The second-order valence-corrected chi connectivity index (χ2v) is 7.95. The number of nitrogens with one attached hydrogen (secondary N) is 2. The highest BCUT2D eigenvalue weighted by Crippen LogP contribution is 2.29. The number of nitrogens with zero attached hydrogens (tertiary/aromatic N) is 1. The highest BCUT2D eigenvalue weighted by atomic mass is 16.5. The Labute approximate surface area is 181 Å². The zero-order valence-electron chi connectivity index (χ0n) is 18.1. The number of amides is 1. The summed E-state index contributed by atoms with van der Waals surface area (Å²) in [5.41, 5.74) is 3.91. The van der Waals surface area contributed by atoms with Gasteiger partial charge < -0.3 is 15.0 Å². The van der Waals surface area contributed by atoms with Crippen molar-refractivity contribution in [2.24, 2.45) is 0 Å². The van der Waals surface area contributed by atoms with Crippen LogP contribution in [0.3, 0.4) is 0 Å². The predicted octanol–water partition coefficient (Wildman–Crippen LogP) is 2.92. The van der Waals surface area contributed by atoms with Gasteiger partial charge in [0, 0.05) is 12.1 Å². The van der Waals surface area contributed by atoms with Crippen LogP contribution in [0.2, 0.25) is 0 Å². The van der Waals surface area contributed by atoms with E-state index in [0.717, 1.165) is 30.4 Å². The van der Waals surface area contributed by atoms with Crippen LogP contribution in [0.5, 0.6) is 0 Å². The smallest absolute Gasteiger partial charge is 0.306 e. The van der Waals surface area contributed by atoms with E-state index in [-0.39, 0.29) is 23.9 Å². The van der Waals surface area contributed by atoms with Gasteiger partial charge in [-0.15, -0.1) is 0 Å². The summed E-state index contributed by atoms with van der Waals surface area (Å²) in [4.78, 5) is 39.4. The van der Waals surface area contributed by atoms with Crippen molar-refractivity contribution < 1.29 is 14.3 Å². The minimum Gasteiger partial charge on any atom is -0.453 e. The Morgan fingerprint density at radius 3 is 2.81 bits per heavy atom. The van der Waals surface area contributed by atoms with Crippen molar-refractivity contribution in [3.8, 4) is 6.07 Å². The molecule has 0 spiro atoms. The van der Waals surface area contributed by atoms with Crippen LogP contribution in [0.4, 0.5) is 0 Å². The number of carbonyl (C=O) groups is 2. The third kappa shape index (κ3) is 5.02. The molecule has 0 bridgehead atoms. The number of fused-ring (bicyclic) bond motifs is 1. The van der Waals surface area contributed by atoms with E-state index in [9.17, 15) is 14.4 Å². The van der Waals surface area contributed by atoms with E-state index in [0.29, 0.717) is 17.7 Å². The Balaban J connectivity index is 1.58. The van der Waals surface area contributed by atoms with Crippen LogP contribution in [-0.4, -0.2) is 23.0 Å². The van der Waals surface area contributed by atoms with E-state index < -0.39 is 17.6 Å². The number of aryl methyl sites for hydroxylation is 2. The lowest BCUT2D eigenvalue weighted by atomic mass is 9.87. The van der Waals surface area contributed by atoms with E-state index >= 15 is 0 Å². The van der Waals surface area contributed by atoms with Crippen LogP contribution in [0.15, 0.2) is 29.1 Å². The number of ether oxygens (including phenoxy) is 1. The third-order valence-electron chi connectivity index (χ3n) is 5.86. The van der Waals surface area contributed by atoms with Crippen LogP contribution in [0.25, 0.3) is 0 Å². The van der Waals surface area contributed by atoms with Gasteiger partial charge in [-0.2, -0.15) is 5.26 Å². The number of hydrogen-bond donors (Lipinski definition) is 2. The van der Waals surface area contributed by atoms with Gasteiger partial charge in [0.05, 0.1) is 6.04 Å². The van der Waals surface area contributed by atoms with Crippen molar-refractivity contribution in [2.45, 2.75) is 65.0 Å². The lowest BCUT2D eigenvalue weighted by Gasteiger charge is -2.27. The summed E-state index contributed by atoms with van der Waals surface area (Å²) < 4.78 is 5.34. The number of pyridine rings is 1. The predicted molar refractivity (Wildman–Crippen MR) is 115 cm³/mol. The second kappa shape index (κ2) is 9.61. The summed E-state index contributed by atoms with van der Waals surface area (Å²) in [7, 11) is 0. The molecule has 3 rings (SSSR count). The summed E-state index contributed by atoms with van der Waals surface area (Å²) in [6.45, 7) is 4.99. The Hall–Kier alpha value is -3.40. The van der Waals surface area contributed by atoms with Crippen molar-refractivity contribution in [3.05, 3.63) is 68.1 Å². The molecule has 1 aromatic heterocycles. The molecule has 2 aromatic rings. The molecule has 2 N–H and O–H groups in total. The normalized spacial score (nSPS) is 16.0. The molecule has 1 heterocycles. The molecule has 1 aliphatic carbocycles. The van der Waals surface area contributed by atoms with E-state index in [4.69, 9.17) is 10.00 Å². The van der Waals surface area contributed by atoms with Crippen LogP contribution < -0.4 is 10.9 Å². The molecule has 0 saturated carbocycles. The Bertz CT molecular complexity index is 1100. The maximum Gasteiger partial charge on any atom is 0.306 e. The van der Waals surface area contributed by atoms with Crippen LogP contribution in [-0.2, 0) is 27.2 Å². The molecule has 2 atom stereocenters. The van der Waals surface area contributed by atoms with Gasteiger partial charge in [0.2, 0.25) is 0 Å². The molecule has 0 saturated heterocycles. The molecule has 0 radical (unpaired) electrons. The number of esters is 1. The number of benzene rings is 1. The van der Waals surface area contributed by atoms with E-state index in [1.807, 2.05) is 24.3 Å². The van der Waals surface area contributed by atoms with Crippen LogP contribution in [0.1, 0.15) is 65.7 Å². The van der Waals surface area contributed by atoms with Gasteiger partial charge in [-0.3, -0.25) is 14.4 Å². The highest BCUT2D eigenvalue weighted by molar-refractivity contribution is 5.83. The fourth-order valence-electron chi connectivity index (χ4n) is 4.15. The van der Waals surface area contributed by atoms with Gasteiger partial charge in [-0.25, -0.2) is 0 Å². The number of aromatic nitrogens is 1. The zero-order chi connectivity index (χ0) is 22.5. The second-order valence-electron chi connectivity index (χ2n) is 7.95. The first kappa shape index (κ1) is 22.3. The van der Waals surface area contributed by atoms with E-state index in [2.05, 4.69) is 16.4 Å². The highest BCUT2D eigenvalue weighted by Gasteiger charge is 2.25. The third-order valence-corrected chi connectivity index (χ3v) is 5.86. The monoisotopic (exact) mass is 421 g/mol. The number of carbonyl (C=O) groups excluding carboxylic acids is 2.